The molecule has 0 fully saturated rings. The van der Waals surface area contributed by atoms with Crippen LogP contribution >= 0.6 is 0 Å². The summed E-state index contributed by atoms with van der Waals surface area (Å²) in [4.78, 5) is 0. The first-order valence-electron chi connectivity index (χ1n) is 13.5. The lowest BCUT2D eigenvalue weighted by atomic mass is 9.89. The normalized spacial score (nSPS) is 12.8. The van der Waals surface area contributed by atoms with Gasteiger partial charge >= 0.3 is 0 Å². The smallest absolute Gasteiger partial charge is 0.00387 e. The molecule has 1 nitrogen and oxygen atoms in total. The highest BCUT2D eigenvalue weighted by Gasteiger charge is 2.12. The van der Waals surface area contributed by atoms with E-state index in [4.69, 9.17) is 5.73 Å². The summed E-state index contributed by atoms with van der Waals surface area (Å²) in [5, 5.41) is 0. The molecule has 0 amide bonds. The fraction of sp³-hybridized carbons (Fsp3) is 1.00. The van der Waals surface area contributed by atoms with Gasteiger partial charge in [-0.25, -0.2) is 0 Å². The molecule has 0 aromatic carbocycles. The van der Waals surface area contributed by atoms with E-state index in [2.05, 4.69) is 20.8 Å². The Hall–Kier alpha value is -0.0400. The molecule has 0 aromatic heterocycles. The first-order valence-corrected chi connectivity index (χ1v) is 13.5. The maximum absolute atomic E-state index is 6.28. The molecule has 1 unspecified atom stereocenters. The molecule has 0 rings (SSSR count). The minimum absolute atomic E-state index is 0.386. The molecule has 0 aliphatic rings. The van der Waals surface area contributed by atoms with Crippen molar-refractivity contribution in [1.82, 2.24) is 0 Å². The van der Waals surface area contributed by atoms with Gasteiger partial charge in [0.1, 0.15) is 0 Å². The molecule has 0 aliphatic carbocycles. The highest BCUT2D eigenvalue weighted by atomic mass is 14.6. The third-order valence-electron chi connectivity index (χ3n) is 6.60. The Bertz CT molecular complexity index is 249. The zero-order chi connectivity index (χ0) is 20.7. The van der Waals surface area contributed by atoms with Gasteiger partial charge in [-0.1, -0.05) is 142 Å². The third-order valence-corrected chi connectivity index (χ3v) is 6.60. The Morgan fingerprint density at radius 2 is 0.679 bits per heavy atom. The standard InChI is InChI=1S/C27H57N/c1-4-6-8-10-12-14-16-18-20-22-24-27(26(3)28)25-23-21-19-17-15-13-11-9-7-5-2/h26-27H,4-25,28H2,1-3H3. The summed E-state index contributed by atoms with van der Waals surface area (Å²) >= 11 is 0. The second-order valence-corrected chi connectivity index (χ2v) is 9.56. The Balaban J connectivity index is 3.44. The number of rotatable bonds is 23. The van der Waals surface area contributed by atoms with E-state index >= 15 is 0 Å². The lowest BCUT2D eigenvalue weighted by Crippen LogP contribution is -2.26. The van der Waals surface area contributed by atoms with Crippen LogP contribution in [0.15, 0.2) is 0 Å². The Morgan fingerprint density at radius 3 is 0.929 bits per heavy atom. The van der Waals surface area contributed by atoms with Gasteiger partial charge in [0.15, 0.2) is 0 Å². The summed E-state index contributed by atoms with van der Waals surface area (Å²) in [5.74, 6) is 0.767. The van der Waals surface area contributed by atoms with Crippen molar-refractivity contribution in [2.24, 2.45) is 11.7 Å². The van der Waals surface area contributed by atoms with Crippen molar-refractivity contribution in [3.63, 3.8) is 0 Å². The third kappa shape index (κ3) is 20.7. The summed E-state index contributed by atoms with van der Waals surface area (Å²) in [5.41, 5.74) is 6.28. The molecule has 1 heteroatoms. The van der Waals surface area contributed by atoms with Gasteiger partial charge in [0.05, 0.1) is 0 Å². The average Bonchev–Trinajstić information content (AvgIpc) is 2.68. The molecule has 2 N–H and O–H groups in total. The number of unbranched alkanes of at least 4 members (excludes halogenated alkanes) is 18. The fourth-order valence-electron chi connectivity index (χ4n) is 4.46. The van der Waals surface area contributed by atoms with Crippen LogP contribution in [0.4, 0.5) is 0 Å². The molecule has 1 atom stereocenters. The van der Waals surface area contributed by atoms with Crippen LogP contribution in [0.25, 0.3) is 0 Å². The van der Waals surface area contributed by atoms with Crippen LogP contribution in [0.1, 0.15) is 162 Å². The van der Waals surface area contributed by atoms with Gasteiger partial charge in [-0.05, 0) is 25.7 Å². The summed E-state index contributed by atoms with van der Waals surface area (Å²) in [6.07, 6.45) is 31.4. The maximum atomic E-state index is 6.28. The van der Waals surface area contributed by atoms with Crippen LogP contribution in [0.5, 0.6) is 0 Å². The van der Waals surface area contributed by atoms with Gasteiger partial charge < -0.3 is 5.73 Å². The largest absolute Gasteiger partial charge is 0.328 e. The lowest BCUT2D eigenvalue weighted by molar-refractivity contribution is 0.354. The van der Waals surface area contributed by atoms with Gasteiger partial charge in [-0.3, -0.25) is 0 Å². The van der Waals surface area contributed by atoms with E-state index in [0.717, 1.165) is 5.92 Å². The minimum atomic E-state index is 0.386. The van der Waals surface area contributed by atoms with Gasteiger partial charge in [0.25, 0.3) is 0 Å². The van der Waals surface area contributed by atoms with Crippen LogP contribution in [-0.4, -0.2) is 6.04 Å². The highest BCUT2D eigenvalue weighted by molar-refractivity contribution is 4.69. The van der Waals surface area contributed by atoms with Crippen LogP contribution in [0.3, 0.4) is 0 Å². The Morgan fingerprint density at radius 1 is 0.429 bits per heavy atom. The van der Waals surface area contributed by atoms with E-state index in [1.54, 1.807) is 0 Å². The molecule has 0 bridgehead atoms. The van der Waals surface area contributed by atoms with E-state index < -0.39 is 0 Å². The van der Waals surface area contributed by atoms with E-state index in [0.29, 0.717) is 6.04 Å². The van der Waals surface area contributed by atoms with E-state index in [-0.39, 0.29) is 0 Å². The second-order valence-electron chi connectivity index (χ2n) is 9.56. The second kappa shape index (κ2) is 23.2. The summed E-state index contributed by atoms with van der Waals surface area (Å²) in [7, 11) is 0. The number of nitrogens with two attached hydrogens (primary N) is 1. The van der Waals surface area contributed by atoms with Crippen molar-refractivity contribution in [2.75, 3.05) is 0 Å². The topological polar surface area (TPSA) is 26.0 Å². The molecule has 0 saturated heterocycles. The van der Waals surface area contributed by atoms with Crippen molar-refractivity contribution in [2.45, 2.75) is 168 Å². The highest BCUT2D eigenvalue weighted by Crippen LogP contribution is 2.21. The van der Waals surface area contributed by atoms with Crippen LogP contribution in [0.2, 0.25) is 0 Å². The molecule has 0 spiro atoms. The molecule has 0 heterocycles. The number of hydrogen-bond donors (Lipinski definition) is 1. The van der Waals surface area contributed by atoms with Gasteiger partial charge in [0.2, 0.25) is 0 Å². The molecule has 0 radical (unpaired) electrons. The van der Waals surface area contributed by atoms with E-state index in [9.17, 15) is 0 Å². The summed E-state index contributed by atoms with van der Waals surface area (Å²) < 4.78 is 0. The van der Waals surface area contributed by atoms with Gasteiger partial charge in [-0.15, -0.1) is 0 Å². The summed E-state index contributed by atoms with van der Waals surface area (Å²) in [6, 6.07) is 0.386. The number of hydrogen-bond acceptors (Lipinski definition) is 1. The predicted octanol–water partition coefficient (Wildman–Crippen LogP) is 9.57. The minimum Gasteiger partial charge on any atom is -0.328 e. The van der Waals surface area contributed by atoms with Crippen molar-refractivity contribution in [1.29, 1.82) is 0 Å². The molecular formula is C27H57N. The van der Waals surface area contributed by atoms with Gasteiger partial charge in [0, 0.05) is 6.04 Å². The van der Waals surface area contributed by atoms with Crippen LogP contribution in [0, 0.1) is 5.92 Å². The monoisotopic (exact) mass is 395 g/mol. The molecule has 0 saturated carbocycles. The molecule has 0 aliphatic heterocycles. The molecular weight excluding hydrogens is 338 g/mol. The van der Waals surface area contributed by atoms with Crippen molar-refractivity contribution < 1.29 is 0 Å². The Kier molecular flexibility index (Phi) is 23.2. The van der Waals surface area contributed by atoms with Gasteiger partial charge in [-0.2, -0.15) is 0 Å². The summed E-state index contributed by atoms with van der Waals surface area (Å²) in [6.45, 7) is 6.83. The lowest BCUT2D eigenvalue weighted by Gasteiger charge is -2.20. The zero-order valence-electron chi connectivity index (χ0n) is 20.3. The fourth-order valence-corrected chi connectivity index (χ4v) is 4.46. The predicted molar refractivity (Wildman–Crippen MR) is 130 cm³/mol. The average molecular weight is 396 g/mol. The van der Waals surface area contributed by atoms with Crippen molar-refractivity contribution in [3.05, 3.63) is 0 Å². The molecule has 28 heavy (non-hydrogen) atoms. The van der Waals surface area contributed by atoms with E-state index in [1.807, 2.05) is 0 Å². The van der Waals surface area contributed by atoms with Crippen LogP contribution < -0.4 is 5.73 Å². The maximum Gasteiger partial charge on any atom is 0.00387 e. The van der Waals surface area contributed by atoms with E-state index in [1.165, 1.54) is 141 Å². The Labute approximate surface area is 180 Å². The quantitative estimate of drug-likeness (QED) is 0.171. The zero-order valence-corrected chi connectivity index (χ0v) is 20.3. The molecule has 0 aromatic rings. The SMILES string of the molecule is CCCCCCCCCCCCC(CCCCCCCCCCCC)C(C)N. The first-order chi connectivity index (χ1) is 13.7. The first kappa shape index (κ1) is 28.0. The van der Waals surface area contributed by atoms with Crippen molar-refractivity contribution >= 4 is 0 Å². The molecule has 170 valence electrons. The van der Waals surface area contributed by atoms with Crippen molar-refractivity contribution in [3.8, 4) is 0 Å². The van der Waals surface area contributed by atoms with Crippen LogP contribution in [-0.2, 0) is 0 Å².